The van der Waals surface area contributed by atoms with Crippen LogP contribution in [0.15, 0.2) is 18.2 Å². The average Bonchev–Trinajstić information content (AvgIpc) is 2.73. The van der Waals surface area contributed by atoms with Crippen LogP contribution in [0.3, 0.4) is 0 Å². The van der Waals surface area contributed by atoms with Crippen LogP contribution >= 0.6 is 0 Å². The van der Waals surface area contributed by atoms with E-state index in [1.54, 1.807) is 18.2 Å². The van der Waals surface area contributed by atoms with Gasteiger partial charge in [0.1, 0.15) is 0 Å². The van der Waals surface area contributed by atoms with Gasteiger partial charge in [-0.2, -0.15) is 0 Å². The summed E-state index contributed by atoms with van der Waals surface area (Å²) in [5, 5.41) is 3.26. The molecular formula is C13H19N3O2. The highest BCUT2D eigenvalue weighted by Gasteiger charge is 2.24. The molecule has 5 heteroatoms. The molecule has 1 aliphatic heterocycles. The molecule has 98 valence electrons. The summed E-state index contributed by atoms with van der Waals surface area (Å²) in [5.41, 5.74) is 12.7. The van der Waals surface area contributed by atoms with Gasteiger partial charge in [-0.1, -0.05) is 0 Å². The molecule has 1 aromatic rings. The smallest absolute Gasteiger partial charge is 0.250 e. The van der Waals surface area contributed by atoms with E-state index in [0.717, 1.165) is 25.3 Å². The SMILES string of the molecule is CC1OCCC1CNc1ccc(N)cc1C(N)=O. The molecular weight excluding hydrogens is 230 g/mol. The van der Waals surface area contributed by atoms with Crippen LogP contribution < -0.4 is 16.8 Å². The third-order valence-electron chi connectivity index (χ3n) is 3.40. The van der Waals surface area contributed by atoms with Gasteiger partial charge >= 0.3 is 0 Å². The molecule has 1 saturated heterocycles. The topological polar surface area (TPSA) is 90.4 Å². The molecule has 0 radical (unpaired) electrons. The minimum absolute atomic E-state index is 0.253. The van der Waals surface area contributed by atoms with Gasteiger partial charge in [0.05, 0.1) is 11.7 Å². The van der Waals surface area contributed by atoms with E-state index in [1.165, 1.54) is 0 Å². The Morgan fingerprint density at radius 1 is 1.56 bits per heavy atom. The molecule has 1 fully saturated rings. The van der Waals surface area contributed by atoms with Gasteiger partial charge in [-0.3, -0.25) is 4.79 Å². The Labute approximate surface area is 106 Å². The zero-order valence-electron chi connectivity index (χ0n) is 10.5. The van der Waals surface area contributed by atoms with Gasteiger partial charge in [0.25, 0.3) is 5.91 Å². The van der Waals surface area contributed by atoms with Crippen molar-refractivity contribution < 1.29 is 9.53 Å². The molecule has 0 aromatic heterocycles. The van der Waals surface area contributed by atoms with E-state index >= 15 is 0 Å². The number of primary amides is 1. The first-order valence-corrected chi connectivity index (χ1v) is 6.12. The molecule has 0 spiro atoms. The first-order valence-electron chi connectivity index (χ1n) is 6.12. The van der Waals surface area contributed by atoms with Crippen molar-refractivity contribution >= 4 is 17.3 Å². The molecule has 18 heavy (non-hydrogen) atoms. The van der Waals surface area contributed by atoms with E-state index in [2.05, 4.69) is 12.2 Å². The van der Waals surface area contributed by atoms with Crippen molar-refractivity contribution in [2.24, 2.45) is 11.7 Å². The minimum Gasteiger partial charge on any atom is -0.399 e. The van der Waals surface area contributed by atoms with Gasteiger partial charge in [-0.05, 0) is 31.5 Å². The number of benzene rings is 1. The number of anilines is 2. The molecule has 2 atom stereocenters. The van der Waals surface area contributed by atoms with Crippen molar-refractivity contribution in [2.45, 2.75) is 19.4 Å². The highest BCUT2D eigenvalue weighted by Crippen LogP contribution is 2.23. The summed E-state index contributed by atoms with van der Waals surface area (Å²) in [5.74, 6) is -0.0104. The lowest BCUT2D eigenvalue weighted by atomic mass is 10.0. The lowest BCUT2D eigenvalue weighted by Crippen LogP contribution is -2.22. The largest absolute Gasteiger partial charge is 0.399 e. The molecule has 1 amide bonds. The molecule has 0 saturated carbocycles. The predicted molar refractivity (Wildman–Crippen MR) is 71.4 cm³/mol. The molecule has 2 unspecified atom stereocenters. The maximum Gasteiger partial charge on any atom is 0.250 e. The number of hydrogen-bond acceptors (Lipinski definition) is 4. The van der Waals surface area contributed by atoms with Crippen LogP contribution in [0.2, 0.25) is 0 Å². The molecule has 2 rings (SSSR count). The van der Waals surface area contributed by atoms with Crippen LogP contribution in [0.4, 0.5) is 11.4 Å². The number of rotatable bonds is 4. The van der Waals surface area contributed by atoms with Crippen molar-refractivity contribution in [2.75, 3.05) is 24.2 Å². The van der Waals surface area contributed by atoms with E-state index < -0.39 is 5.91 Å². The molecule has 5 N–H and O–H groups in total. The van der Waals surface area contributed by atoms with Gasteiger partial charge < -0.3 is 21.5 Å². The maximum absolute atomic E-state index is 11.3. The molecule has 1 heterocycles. The maximum atomic E-state index is 11.3. The Morgan fingerprint density at radius 3 is 2.94 bits per heavy atom. The molecule has 0 aliphatic carbocycles. The Bertz CT molecular complexity index is 448. The van der Waals surface area contributed by atoms with E-state index in [4.69, 9.17) is 16.2 Å². The Morgan fingerprint density at radius 2 is 2.33 bits per heavy atom. The van der Waals surface area contributed by atoms with Gasteiger partial charge in [-0.25, -0.2) is 0 Å². The quantitative estimate of drug-likeness (QED) is 0.699. The fourth-order valence-corrected chi connectivity index (χ4v) is 2.21. The van der Waals surface area contributed by atoms with Crippen LogP contribution in [-0.4, -0.2) is 25.2 Å². The Kier molecular flexibility index (Phi) is 3.72. The summed E-state index contributed by atoms with van der Waals surface area (Å²) in [6, 6.07) is 5.14. The Balaban J connectivity index is 2.06. The first kappa shape index (κ1) is 12.7. The van der Waals surface area contributed by atoms with Gasteiger partial charge in [-0.15, -0.1) is 0 Å². The number of nitrogens with two attached hydrogens (primary N) is 2. The van der Waals surface area contributed by atoms with Crippen LogP contribution in [0.1, 0.15) is 23.7 Å². The molecule has 1 aliphatic rings. The summed E-state index contributed by atoms with van der Waals surface area (Å²) in [7, 11) is 0. The second-order valence-corrected chi connectivity index (χ2v) is 4.67. The monoisotopic (exact) mass is 249 g/mol. The van der Waals surface area contributed by atoms with E-state index in [-0.39, 0.29) is 6.10 Å². The number of carbonyl (C=O) groups is 1. The van der Waals surface area contributed by atoms with Gasteiger partial charge in [0.15, 0.2) is 0 Å². The van der Waals surface area contributed by atoms with Crippen molar-refractivity contribution in [3.05, 3.63) is 23.8 Å². The lowest BCUT2D eigenvalue weighted by molar-refractivity contribution is 0.100. The second-order valence-electron chi connectivity index (χ2n) is 4.67. The molecule has 5 nitrogen and oxygen atoms in total. The van der Waals surface area contributed by atoms with Crippen LogP contribution in [-0.2, 0) is 4.74 Å². The summed E-state index contributed by atoms with van der Waals surface area (Å²) >= 11 is 0. The average molecular weight is 249 g/mol. The van der Waals surface area contributed by atoms with Gasteiger partial charge in [0.2, 0.25) is 0 Å². The number of nitrogens with one attached hydrogen (secondary N) is 1. The fourth-order valence-electron chi connectivity index (χ4n) is 2.21. The van der Waals surface area contributed by atoms with Crippen molar-refractivity contribution in [1.82, 2.24) is 0 Å². The minimum atomic E-state index is -0.472. The fraction of sp³-hybridized carbons (Fsp3) is 0.462. The lowest BCUT2D eigenvalue weighted by Gasteiger charge is -2.17. The highest BCUT2D eigenvalue weighted by atomic mass is 16.5. The number of carbonyl (C=O) groups excluding carboxylic acids is 1. The summed E-state index contributed by atoms with van der Waals surface area (Å²) in [4.78, 5) is 11.3. The van der Waals surface area contributed by atoms with Crippen LogP contribution in [0.5, 0.6) is 0 Å². The predicted octanol–water partition coefficient (Wildman–Crippen LogP) is 1.20. The molecule has 0 bridgehead atoms. The van der Waals surface area contributed by atoms with Crippen LogP contribution in [0.25, 0.3) is 0 Å². The summed E-state index contributed by atoms with van der Waals surface area (Å²) in [6.45, 7) is 3.64. The van der Waals surface area contributed by atoms with Crippen LogP contribution in [0, 0.1) is 5.92 Å². The zero-order chi connectivity index (χ0) is 13.1. The third-order valence-corrected chi connectivity index (χ3v) is 3.40. The van der Waals surface area contributed by atoms with Crippen molar-refractivity contribution in [3.63, 3.8) is 0 Å². The van der Waals surface area contributed by atoms with Crippen molar-refractivity contribution in [3.8, 4) is 0 Å². The summed E-state index contributed by atoms with van der Waals surface area (Å²) < 4.78 is 5.50. The molecule has 1 aromatic carbocycles. The number of nitrogen functional groups attached to an aromatic ring is 1. The highest BCUT2D eigenvalue weighted by molar-refractivity contribution is 5.99. The van der Waals surface area contributed by atoms with E-state index in [0.29, 0.717) is 17.2 Å². The van der Waals surface area contributed by atoms with E-state index in [9.17, 15) is 4.79 Å². The third kappa shape index (κ3) is 2.73. The Hall–Kier alpha value is -1.75. The van der Waals surface area contributed by atoms with E-state index in [1.807, 2.05) is 0 Å². The number of amides is 1. The van der Waals surface area contributed by atoms with Gasteiger partial charge in [0, 0.05) is 30.4 Å². The normalized spacial score (nSPS) is 22.9. The second kappa shape index (κ2) is 5.27. The number of hydrogen-bond donors (Lipinski definition) is 3. The first-order chi connectivity index (χ1) is 8.58. The van der Waals surface area contributed by atoms with Crippen molar-refractivity contribution in [1.29, 1.82) is 0 Å². The standard InChI is InChI=1S/C13H19N3O2/c1-8-9(4-5-18-8)7-16-12-3-2-10(14)6-11(12)13(15)17/h2-3,6,8-9,16H,4-5,7,14H2,1H3,(H2,15,17). The number of ether oxygens (including phenoxy) is 1. The zero-order valence-corrected chi connectivity index (χ0v) is 10.5. The summed E-state index contributed by atoms with van der Waals surface area (Å²) in [6.07, 6.45) is 1.29.